The Labute approximate surface area is 58.0 Å². The molecule has 0 aliphatic heterocycles. The van der Waals surface area contributed by atoms with E-state index in [1.165, 1.54) is 0 Å². The average Bonchev–Trinajstić information content (AvgIpc) is 1.97. The minimum absolute atomic E-state index is 0.957. The number of anilines is 1. The predicted molar refractivity (Wildman–Crippen MR) is 29.3 cm³/mol. The standard InChI is InChI=1S/C4H2F3N3O/c5-1-2(6)10(7)4(11)9-3(1)8/h(H2,8,9,11). The molecule has 0 radical (unpaired) electrons. The molecule has 0 aromatic carbocycles. The van der Waals surface area contributed by atoms with Gasteiger partial charge in [-0.05, 0) is 0 Å². The topological polar surface area (TPSA) is 60.9 Å². The van der Waals surface area contributed by atoms with Crippen LogP contribution in [0, 0.1) is 11.8 Å². The molecule has 1 rings (SSSR count). The number of nitrogens with two attached hydrogens (primary N) is 1. The highest BCUT2D eigenvalue weighted by molar-refractivity contribution is 5.26. The minimum atomic E-state index is -1.97. The molecule has 1 heterocycles. The molecule has 4 nitrogen and oxygen atoms in total. The van der Waals surface area contributed by atoms with Gasteiger partial charge >= 0.3 is 5.69 Å². The molecular formula is C4H2F3N3O. The largest absolute Gasteiger partial charge is 0.381 e. The number of halogens is 3. The number of hydrogen-bond donors (Lipinski definition) is 1. The Morgan fingerprint density at radius 3 is 2.55 bits per heavy atom. The molecule has 2 N–H and O–H groups in total. The Bertz CT molecular complexity index is 347. The van der Waals surface area contributed by atoms with E-state index in [1.807, 2.05) is 0 Å². The maximum Gasteiger partial charge on any atom is 0.380 e. The van der Waals surface area contributed by atoms with Crippen molar-refractivity contribution in [3.8, 4) is 0 Å². The van der Waals surface area contributed by atoms with Gasteiger partial charge in [0.2, 0.25) is 5.82 Å². The van der Waals surface area contributed by atoms with E-state index in [2.05, 4.69) is 10.7 Å². The quantitative estimate of drug-likeness (QED) is 0.543. The van der Waals surface area contributed by atoms with E-state index < -0.39 is 28.1 Å². The summed E-state index contributed by atoms with van der Waals surface area (Å²) >= 11 is 0. The third-order valence-electron chi connectivity index (χ3n) is 0.962. The van der Waals surface area contributed by atoms with Crippen LogP contribution in [0.1, 0.15) is 0 Å². The lowest BCUT2D eigenvalue weighted by Gasteiger charge is -1.96. The van der Waals surface area contributed by atoms with Gasteiger partial charge in [0.05, 0.1) is 0 Å². The fourth-order valence-electron chi connectivity index (χ4n) is 0.472. The number of aromatic nitrogens is 2. The van der Waals surface area contributed by atoms with Gasteiger partial charge in [-0.3, -0.25) is 0 Å². The van der Waals surface area contributed by atoms with Crippen LogP contribution in [-0.2, 0) is 0 Å². The summed E-state index contributed by atoms with van der Waals surface area (Å²) in [5, 5.41) is 0. The summed E-state index contributed by atoms with van der Waals surface area (Å²) in [7, 11) is 0. The smallest absolute Gasteiger partial charge is 0.380 e. The van der Waals surface area contributed by atoms with Gasteiger partial charge in [0.15, 0.2) is 5.82 Å². The number of hydrogen-bond acceptors (Lipinski definition) is 3. The minimum Gasteiger partial charge on any atom is -0.381 e. The summed E-state index contributed by atoms with van der Waals surface area (Å²) in [4.78, 5) is 11.8. The van der Waals surface area contributed by atoms with Crippen LogP contribution in [0.3, 0.4) is 0 Å². The lowest BCUT2D eigenvalue weighted by Crippen LogP contribution is -2.23. The molecular weight excluding hydrogens is 163 g/mol. The summed E-state index contributed by atoms with van der Waals surface area (Å²) in [6.07, 6.45) is 0. The summed E-state index contributed by atoms with van der Waals surface area (Å²) < 4.78 is 36.4. The molecule has 0 aliphatic carbocycles. The molecule has 60 valence electrons. The summed E-state index contributed by atoms with van der Waals surface area (Å²) in [5.74, 6) is -4.60. The van der Waals surface area contributed by atoms with E-state index in [0.717, 1.165) is 0 Å². The van der Waals surface area contributed by atoms with Gasteiger partial charge in [0.1, 0.15) is 0 Å². The van der Waals surface area contributed by atoms with Gasteiger partial charge in [-0.25, -0.2) is 4.79 Å². The van der Waals surface area contributed by atoms with Crippen molar-refractivity contribution in [2.45, 2.75) is 0 Å². The Morgan fingerprint density at radius 1 is 1.45 bits per heavy atom. The van der Waals surface area contributed by atoms with Crippen LogP contribution in [0.5, 0.6) is 0 Å². The normalized spacial score (nSPS) is 10.1. The monoisotopic (exact) mass is 165 g/mol. The SMILES string of the molecule is Nc1nc(=O)n(F)c(F)c1F. The van der Waals surface area contributed by atoms with Crippen molar-refractivity contribution in [3.05, 3.63) is 22.2 Å². The molecule has 0 atom stereocenters. The first-order valence-corrected chi connectivity index (χ1v) is 2.43. The van der Waals surface area contributed by atoms with Crippen LogP contribution in [0.2, 0.25) is 0 Å². The van der Waals surface area contributed by atoms with Gasteiger partial charge in [0, 0.05) is 0 Å². The zero-order chi connectivity index (χ0) is 8.59. The predicted octanol–water partition coefficient (Wildman–Crippen LogP) is -0.164. The third-order valence-corrected chi connectivity index (χ3v) is 0.962. The zero-order valence-electron chi connectivity index (χ0n) is 5.01. The molecule has 0 aliphatic rings. The van der Waals surface area contributed by atoms with Gasteiger partial charge < -0.3 is 5.73 Å². The van der Waals surface area contributed by atoms with Crippen LogP contribution in [0.25, 0.3) is 0 Å². The highest BCUT2D eigenvalue weighted by atomic mass is 19.2. The summed E-state index contributed by atoms with van der Waals surface area (Å²) in [5.41, 5.74) is 3.10. The van der Waals surface area contributed by atoms with Gasteiger partial charge in [-0.15, -0.1) is 0 Å². The highest BCUT2D eigenvalue weighted by Crippen LogP contribution is 2.06. The Balaban J connectivity index is 3.59. The van der Waals surface area contributed by atoms with E-state index >= 15 is 0 Å². The Hall–Kier alpha value is -1.53. The molecule has 1 aromatic rings. The lowest BCUT2D eigenvalue weighted by atomic mass is 10.5. The fourth-order valence-corrected chi connectivity index (χ4v) is 0.472. The van der Waals surface area contributed by atoms with Gasteiger partial charge in [-0.1, -0.05) is 9.27 Å². The molecule has 0 fully saturated rings. The number of rotatable bonds is 0. The second-order valence-corrected chi connectivity index (χ2v) is 1.67. The molecule has 0 spiro atoms. The van der Waals surface area contributed by atoms with Crippen molar-refractivity contribution in [1.29, 1.82) is 0 Å². The second-order valence-electron chi connectivity index (χ2n) is 1.67. The summed E-state index contributed by atoms with van der Waals surface area (Å²) in [6, 6.07) is 0. The van der Waals surface area contributed by atoms with Crippen LogP contribution < -0.4 is 11.4 Å². The van der Waals surface area contributed by atoms with E-state index in [9.17, 15) is 18.1 Å². The number of nitrogen functional groups attached to an aromatic ring is 1. The molecule has 0 unspecified atom stereocenters. The van der Waals surface area contributed by atoms with Crippen molar-refractivity contribution in [2.24, 2.45) is 0 Å². The summed E-state index contributed by atoms with van der Waals surface area (Å²) in [6.45, 7) is 0. The first-order valence-electron chi connectivity index (χ1n) is 2.43. The van der Waals surface area contributed by atoms with E-state index in [1.54, 1.807) is 0 Å². The van der Waals surface area contributed by atoms with Crippen LogP contribution >= 0.6 is 0 Å². The third kappa shape index (κ3) is 1.04. The highest BCUT2D eigenvalue weighted by Gasteiger charge is 2.14. The average molecular weight is 165 g/mol. The van der Waals surface area contributed by atoms with Crippen LogP contribution in [0.15, 0.2) is 4.79 Å². The van der Waals surface area contributed by atoms with Crippen molar-refractivity contribution in [3.63, 3.8) is 0 Å². The van der Waals surface area contributed by atoms with Gasteiger partial charge in [-0.2, -0.15) is 13.8 Å². The van der Waals surface area contributed by atoms with Crippen LogP contribution in [-0.4, -0.2) is 9.77 Å². The molecule has 0 saturated heterocycles. The van der Waals surface area contributed by atoms with Crippen molar-refractivity contribution >= 4 is 5.82 Å². The van der Waals surface area contributed by atoms with Crippen molar-refractivity contribution in [1.82, 2.24) is 9.77 Å². The zero-order valence-corrected chi connectivity index (χ0v) is 5.01. The number of nitrogens with zero attached hydrogens (tertiary/aromatic N) is 2. The Morgan fingerprint density at radius 2 is 2.00 bits per heavy atom. The van der Waals surface area contributed by atoms with Crippen molar-refractivity contribution in [2.75, 3.05) is 5.73 Å². The first-order chi connectivity index (χ1) is 5.04. The van der Waals surface area contributed by atoms with E-state index in [4.69, 9.17) is 0 Å². The van der Waals surface area contributed by atoms with Crippen molar-refractivity contribution < 1.29 is 13.3 Å². The molecule has 0 amide bonds. The van der Waals surface area contributed by atoms with E-state index in [-0.39, 0.29) is 0 Å². The molecule has 7 heteroatoms. The molecule has 11 heavy (non-hydrogen) atoms. The lowest BCUT2D eigenvalue weighted by molar-refractivity contribution is 0.255. The van der Waals surface area contributed by atoms with E-state index in [0.29, 0.717) is 0 Å². The molecule has 1 aromatic heterocycles. The molecule has 0 saturated carbocycles. The van der Waals surface area contributed by atoms with Crippen LogP contribution in [0.4, 0.5) is 19.1 Å². The molecule has 0 bridgehead atoms. The maximum atomic E-state index is 12.2. The Kier molecular flexibility index (Phi) is 1.55. The maximum absolute atomic E-state index is 12.2. The van der Waals surface area contributed by atoms with Gasteiger partial charge in [0.25, 0.3) is 5.95 Å². The first kappa shape index (κ1) is 7.58. The second kappa shape index (κ2) is 2.26. The fraction of sp³-hybridized carbons (Fsp3) is 0.